The molecule has 1 aliphatic carbocycles. The van der Waals surface area contributed by atoms with Crippen molar-refractivity contribution in [3.05, 3.63) is 11.3 Å². The van der Waals surface area contributed by atoms with Gasteiger partial charge in [-0.25, -0.2) is 0 Å². The van der Waals surface area contributed by atoms with Gasteiger partial charge in [0.15, 0.2) is 5.82 Å². The van der Waals surface area contributed by atoms with Gasteiger partial charge >= 0.3 is 0 Å². The maximum Gasteiger partial charge on any atom is 0.170 e. The van der Waals surface area contributed by atoms with Crippen LogP contribution in [0.2, 0.25) is 0 Å². The molecule has 1 saturated carbocycles. The molecule has 0 unspecified atom stereocenters. The zero-order valence-corrected chi connectivity index (χ0v) is 10.3. The minimum atomic E-state index is 0.558. The van der Waals surface area contributed by atoms with Crippen LogP contribution in [0.1, 0.15) is 63.2 Å². The van der Waals surface area contributed by atoms with E-state index in [-0.39, 0.29) is 0 Å². The van der Waals surface area contributed by atoms with Crippen molar-refractivity contribution in [2.24, 2.45) is 5.92 Å². The van der Waals surface area contributed by atoms with Crippen LogP contribution in [-0.4, -0.2) is 5.16 Å². The molecule has 0 amide bonds. The lowest BCUT2D eigenvalue weighted by Gasteiger charge is -2.24. The van der Waals surface area contributed by atoms with Crippen molar-refractivity contribution >= 4 is 5.82 Å². The quantitative estimate of drug-likeness (QED) is 0.851. The van der Waals surface area contributed by atoms with E-state index in [0.717, 1.165) is 24.5 Å². The fourth-order valence-corrected chi connectivity index (χ4v) is 2.68. The fraction of sp³-hybridized carbons (Fsp3) is 0.769. The van der Waals surface area contributed by atoms with Crippen molar-refractivity contribution in [1.82, 2.24) is 5.16 Å². The predicted molar refractivity (Wildman–Crippen MR) is 65.3 cm³/mol. The molecule has 0 radical (unpaired) electrons. The number of hydrogen-bond acceptors (Lipinski definition) is 3. The molecule has 1 aromatic heterocycles. The second-order valence-electron chi connectivity index (χ2n) is 5.12. The third-order valence-corrected chi connectivity index (χ3v) is 3.74. The van der Waals surface area contributed by atoms with Crippen molar-refractivity contribution in [3.8, 4) is 0 Å². The zero-order valence-electron chi connectivity index (χ0n) is 10.3. The van der Waals surface area contributed by atoms with Crippen molar-refractivity contribution in [1.29, 1.82) is 0 Å². The summed E-state index contributed by atoms with van der Waals surface area (Å²) in [6, 6.07) is 0. The van der Waals surface area contributed by atoms with Crippen molar-refractivity contribution < 1.29 is 4.52 Å². The van der Waals surface area contributed by atoms with Crippen molar-refractivity contribution in [2.75, 3.05) is 5.73 Å². The Balaban J connectivity index is 2.13. The molecule has 0 saturated heterocycles. The first-order valence-electron chi connectivity index (χ1n) is 6.46. The van der Waals surface area contributed by atoms with Crippen LogP contribution < -0.4 is 5.73 Å². The number of nitrogens with two attached hydrogens (primary N) is 1. The minimum Gasteiger partial charge on any atom is -0.381 e. The van der Waals surface area contributed by atoms with Gasteiger partial charge in [-0.2, -0.15) is 0 Å². The van der Waals surface area contributed by atoms with Gasteiger partial charge in [0.25, 0.3) is 0 Å². The first-order valence-corrected chi connectivity index (χ1v) is 6.46. The van der Waals surface area contributed by atoms with E-state index in [0.29, 0.717) is 11.7 Å². The molecular weight excluding hydrogens is 200 g/mol. The topological polar surface area (TPSA) is 52.0 Å². The number of aromatic nitrogens is 1. The van der Waals surface area contributed by atoms with Crippen molar-refractivity contribution in [2.45, 2.75) is 58.3 Å². The van der Waals surface area contributed by atoms with Gasteiger partial charge in [-0.3, -0.25) is 0 Å². The van der Waals surface area contributed by atoms with Gasteiger partial charge < -0.3 is 10.3 Å². The van der Waals surface area contributed by atoms with Crippen LogP contribution >= 0.6 is 0 Å². The molecule has 2 N–H and O–H groups in total. The SMILES string of the molecule is CCCc1c(N)noc1C1CCC(C)CC1. The van der Waals surface area contributed by atoms with E-state index in [1.54, 1.807) is 0 Å². The lowest BCUT2D eigenvalue weighted by Crippen LogP contribution is -2.11. The molecular formula is C13H22N2O. The lowest BCUT2D eigenvalue weighted by molar-refractivity contribution is 0.286. The fourth-order valence-electron chi connectivity index (χ4n) is 2.68. The van der Waals surface area contributed by atoms with Gasteiger partial charge in [0.1, 0.15) is 5.76 Å². The summed E-state index contributed by atoms with van der Waals surface area (Å²) in [5.41, 5.74) is 7.03. The van der Waals surface area contributed by atoms with Crippen LogP contribution in [-0.2, 0) is 6.42 Å². The highest BCUT2D eigenvalue weighted by Gasteiger charge is 2.26. The minimum absolute atomic E-state index is 0.558. The highest BCUT2D eigenvalue weighted by molar-refractivity contribution is 5.41. The molecule has 0 atom stereocenters. The van der Waals surface area contributed by atoms with Gasteiger partial charge in [0, 0.05) is 11.5 Å². The summed E-state index contributed by atoms with van der Waals surface area (Å²) in [5.74, 6) is 3.11. The Morgan fingerprint density at radius 1 is 1.31 bits per heavy atom. The summed E-state index contributed by atoms with van der Waals surface area (Å²) < 4.78 is 5.45. The highest BCUT2D eigenvalue weighted by Crippen LogP contribution is 2.38. The summed E-state index contributed by atoms with van der Waals surface area (Å²) in [5, 5.41) is 3.93. The van der Waals surface area contributed by atoms with Gasteiger partial charge in [-0.1, -0.05) is 38.3 Å². The first-order chi connectivity index (χ1) is 7.72. The standard InChI is InChI=1S/C13H22N2O/c1-3-4-11-12(16-15-13(11)14)10-7-5-9(2)6-8-10/h9-10H,3-8H2,1-2H3,(H2,14,15). The van der Waals surface area contributed by atoms with Gasteiger partial charge in [0.05, 0.1) is 0 Å². The van der Waals surface area contributed by atoms with E-state index in [1.165, 1.54) is 31.2 Å². The first kappa shape index (κ1) is 11.5. The van der Waals surface area contributed by atoms with Gasteiger partial charge in [-0.15, -0.1) is 0 Å². The molecule has 1 fully saturated rings. The van der Waals surface area contributed by atoms with Gasteiger partial charge in [0.2, 0.25) is 0 Å². The van der Waals surface area contributed by atoms with E-state index in [2.05, 4.69) is 19.0 Å². The Kier molecular flexibility index (Phi) is 3.52. The molecule has 90 valence electrons. The number of nitrogen functional groups attached to an aromatic ring is 1. The summed E-state index contributed by atoms with van der Waals surface area (Å²) in [4.78, 5) is 0. The molecule has 0 aromatic carbocycles. The van der Waals surface area contributed by atoms with E-state index < -0.39 is 0 Å². The number of hydrogen-bond donors (Lipinski definition) is 1. The van der Waals surface area contributed by atoms with Crippen LogP contribution in [0, 0.1) is 5.92 Å². The molecule has 16 heavy (non-hydrogen) atoms. The summed E-state index contributed by atoms with van der Waals surface area (Å²) in [7, 11) is 0. The third kappa shape index (κ3) is 2.23. The second kappa shape index (κ2) is 4.89. The van der Waals surface area contributed by atoms with Crippen LogP contribution in [0.3, 0.4) is 0 Å². The molecule has 1 aromatic rings. The summed E-state index contributed by atoms with van der Waals surface area (Å²) >= 11 is 0. The number of anilines is 1. The third-order valence-electron chi connectivity index (χ3n) is 3.74. The van der Waals surface area contributed by atoms with E-state index in [9.17, 15) is 0 Å². The average molecular weight is 222 g/mol. The predicted octanol–water partition coefficient (Wildman–Crippen LogP) is 3.50. The van der Waals surface area contributed by atoms with E-state index in [1.807, 2.05) is 0 Å². The van der Waals surface area contributed by atoms with Crippen LogP contribution in [0.25, 0.3) is 0 Å². The average Bonchev–Trinajstić information content (AvgIpc) is 2.63. The molecule has 0 aliphatic heterocycles. The normalized spacial score (nSPS) is 25.9. The Morgan fingerprint density at radius 2 is 2.00 bits per heavy atom. The highest BCUT2D eigenvalue weighted by atomic mass is 16.5. The Hall–Kier alpha value is -0.990. The Labute approximate surface area is 97.4 Å². The lowest BCUT2D eigenvalue weighted by atomic mass is 9.80. The number of nitrogens with zero attached hydrogens (tertiary/aromatic N) is 1. The largest absolute Gasteiger partial charge is 0.381 e. The Morgan fingerprint density at radius 3 is 2.62 bits per heavy atom. The maximum atomic E-state index is 5.86. The van der Waals surface area contributed by atoms with Crippen molar-refractivity contribution in [3.63, 3.8) is 0 Å². The molecule has 2 rings (SSSR count). The van der Waals surface area contributed by atoms with Crippen LogP contribution in [0.15, 0.2) is 4.52 Å². The maximum absolute atomic E-state index is 5.86. The molecule has 1 aliphatic rings. The molecule has 0 bridgehead atoms. The Bertz CT molecular complexity index is 338. The zero-order chi connectivity index (χ0) is 11.5. The molecule has 1 heterocycles. The van der Waals surface area contributed by atoms with E-state index in [4.69, 9.17) is 10.3 Å². The smallest absolute Gasteiger partial charge is 0.170 e. The second-order valence-corrected chi connectivity index (χ2v) is 5.12. The van der Waals surface area contributed by atoms with Crippen LogP contribution in [0.5, 0.6) is 0 Å². The molecule has 3 nitrogen and oxygen atoms in total. The summed E-state index contributed by atoms with van der Waals surface area (Å²) in [6.07, 6.45) is 7.16. The molecule has 3 heteroatoms. The monoisotopic (exact) mass is 222 g/mol. The van der Waals surface area contributed by atoms with Crippen LogP contribution in [0.4, 0.5) is 5.82 Å². The summed E-state index contributed by atoms with van der Waals surface area (Å²) in [6.45, 7) is 4.50. The molecule has 0 spiro atoms. The number of rotatable bonds is 3. The van der Waals surface area contributed by atoms with Gasteiger partial charge in [-0.05, 0) is 25.2 Å². The van der Waals surface area contributed by atoms with E-state index >= 15 is 0 Å².